The SMILES string of the molecule is O=C(O)c1cc(-c2cn(-c3cccc(C(=O)O)c3C(F)(F)F)nn2)cc(-c2cn(-c3cccc(C(=O)O)c3C(F)(F)F)nn2)c1. The molecular formula is C27H14F6N6O6. The van der Waals surface area contributed by atoms with Crippen LogP contribution in [0.3, 0.4) is 0 Å². The Morgan fingerprint density at radius 2 is 1.00 bits per heavy atom. The molecule has 2 heterocycles. The highest BCUT2D eigenvalue weighted by Crippen LogP contribution is 2.38. The summed E-state index contributed by atoms with van der Waals surface area (Å²) in [4.78, 5) is 34.8. The van der Waals surface area contributed by atoms with Crippen LogP contribution in [-0.2, 0) is 12.4 Å². The van der Waals surface area contributed by atoms with E-state index in [0.29, 0.717) is 9.36 Å². The van der Waals surface area contributed by atoms with Crippen LogP contribution < -0.4 is 0 Å². The van der Waals surface area contributed by atoms with Crippen LogP contribution in [0.4, 0.5) is 26.3 Å². The summed E-state index contributed by atoms with van der Waals surface area (Å²) in [5.41, 5.74) is -7.18. The molecule has 0 amide bonds. The minimum Gasteiger partial charge on any atom is -0.478 e. The number of halogens is 6. The maximum Gasteiger partial charge on any atom is 0.419 e. The lowest BCUT2D eigenvalue weighted by molar-refractivity contribution is -0.138. The van der Waals surface area contributed by atoms with E-state index in [9.17, 15) is 56.0 Å². The van der Waals surface area contributed by atoms with E-state index in [1.807, 2.05) is 0 Å². The maximum atomic E-state index is 13.8. The van der Waals surface area contributed by atoms with Crippen molar-refractivity contribution in [2.24, 2.45) is 0 Å². The van der Waals surface area contributed by atoms with Crippen LogP contribution in [0.1, 0.15) is 42.2 Å². The lowest BCUT2D eigenvalue weighted by Gasteiger charge is -2.14. The number of rotatable bonds is 7. The molecular weight excluding hydrogens is 618 g/mol. The van der Waals surface area contributed by atoms with Crippen molar-refractivity contribution < 1.29 is 56.0 Å². The fourth-order valence-electron chi connectivity index (χ4n) is 4.49. The van der Waals surface area contributed by atoms with Crippen LogP contribution in [0.15, 0.2) is 67.0 Å². The van der Waals surface area contributed by atoms with Gasteiger partial charge in [0.2, 0.25) is 0 Å². The lowest BCUT2D eigenvalue weighted by atomic mass is 10.0. The van der Waals surface area contributed by atoms with Crippen molar-refractivity contribution in [3.05, 3.63) is 94.8 Å². The van der Waals surface area contributed by atoms with E-state index in [-0.39, 0.29) is 28.1 Å². The van der Waals surface area contributed by atoms with Crippen molar-refractivity contribution in [1.29, 1.82) is 0 Å². The number of hydrogen-bond acceptors (Lipinski definition) is 7. The molecule has 5 rings (SSSR count). The summed E-state index contributed by atoms with van der Waals surface area (Å²) in [6.45, 7) is 0. The molecule has 0 spiro atoms. The molecule has 0 saturated heterocycles. The number of benzene rings is 3. The van der Waals surface area contributed by atoms with Gasteiger partial charge in [0.25, 0.3) is 0 Å². The summed E-state index contributed by atoms with van der Waals surface area (Å²) in [6, 6.07) is 9.04. The summed E-state index contributed by atoms with van der Waals surface area (Å²) in [5.74, 6) is -5.14. The highest BCUT2D eigenvalue weighted by atomic mass is 19.4. The van der Waals surface area contributed by atoms with Gasteiger partial charge in [-0.1, -0.05) is 22.6 Å². The second-order valence-electron chi connectivity index (χ2n) is 9.21. The Balaban J connectivity index is 1.61. The maximum absolute atomic E-state index is 13.8. The second-order valence-corrected chi connectivity index (χ2v) is 9.21. The predicted octanol–water partition coefficient (Wildman–Crippen LogP) is 5.31. The van der Waals surface area contributed by atoms with Gasteiger partial charge in [-0.2, -0.15) is 26.3 Å². The highest BCUT2D eigenvalue weighted by Gasteiger charge is 2.40. The molecule has 0 aliphatic rings. The first-order valence-corrected chi connectivity index (χ1v) is 12.2. The lowest BCUT2D eigenvalue weighted by Crippen LogP contribution is -2.17. The zero-order valence-corrected chi connectivity index (χ0v) is 21.9. The van der Waals surface area contributed by atoms with Crippen LogP contribution >= 0.6 is 0 Å². The average molecular weight is 632 g/mol. The number of carboxylic acids is 3. The third kappa shape index (κ3) is 5.79. The molecule has 0 radical (unpaired) electrons. The topological polar surface area (TPSA) is 173 Å². The largest absolute Gasteiger partial charge is 0.478 e. The Bertz CT molecular complexity index is 1870. The number of alkyl halides is 6. The van der Waals surface area contributed by atoms with Crippen molar-refractivity contribution in [1.82, 2.24) is 30.0 Å². The number of carboxylic acid groups (broad SMARTS) is 3. The number of aromatic carboxylic acids is 3. The molecule has 0 saturated carbocycles. The molecule has 5 aromatic rings. The van der Waals surface area contributed by atoms with Gasteiger partial charge >= 0.3 is 30.3 Å². The Hall–Kier alpha value is -6.07. The van der Waals surface area contributed by atoms with Gasteiger partial charge in [0.05, 0.1) is 51.6 Å². The zero-order valence-electron chi connectivity index (χ0n) is 21.9. The minimum absolute atomic E-state index is 0.0162. The fraction of sp³-hybridized carbons (Fsp3) is 0.0741. The van der Waals surface area contributed by atoms with E-state index in [2.05, 4.69) is 20.6 Å². The quantitative estimate of drug-likeness (QED) is 0.200. The van der Waals surface area contributed by atoms with Crippen molar-refractivity contribution >= 4 is 17.9 Å². The van der Waals surface area contributed by atoms with Crippen molar-refractivity contribution in [3.63, 3.8) is 0 Å². The molecule has 230 valence electrons. The van der Waals surface area contributed by atoms with E-state index in [4.69, 9.17) is 0 Å². The fourth-order valence-corrected chi connectivity index (χ4v) is 4.49. The molecule has 45 heavy (non-hydrogen) atoms. The normalized spacial score (nSPS) is 11.9. The zero-order chi connectivity index (χ0) is 32.8. The molecule has 18 heteroatoms. The van der Waals surface area contributed by atoms with Crippen molar-refractivity contribution in [3.8, 4) is 33.9 Å². The van der Waals surface area contributed by atoms with Crippen LogP contribution in [0.25, 0.3) is 33.9 Å². The second kappa shape index (κ2) is 10.9. The number of aromatic nitrogens is 6. The molecule has 0 atom stereocenters. The van der Waals surface area contributed by atoms with Gasteiger partial charge in [0.15, 0.2) is 0 Å². The molecule has 2 aromatic heterocycles. The third-order valence-corrected chi connectivity index (χ3v) is 6.36. The van der Waals surface area contributed by atoms with E-state index in [1.54, 1.807) is 0 Å². The first-order chi connectivity index (χ1) is 21.1. The van der Waals surface area contributed by atoms with Gasteiger partial charge in [-0.3, -0.25) is 0 Å². The van der Waals surface area contributed by atoms with Gasteiger partial charge in [-0.25, -0.2) is 23.7 Å². The van der Waals surface area contributed by atoms with Gasteiger partial charge in [-0.15, -0.1) is 10.2 Å². The smallest absolute Gasteiger partial charge is 0.419 e. The van der Waals surface area contributed by atoms with Gasteiger partial charge in [0, 0.05) is 11.1 Å². The molecule has 0 fully saturated rings. The molecule has 0 bridgehead atoms. The number of hydrogen-bond donors (Lipinski definition) is 3. The van der Waals surface area contributed by atoms with E-state index in [0.717, 1.165) is 60.9 Å². The summed E-state index contributed by atoms with van der Waals surface area (Å²) in [6.07, 6.45) is -8.22. The minimum atomic E-state index is -5.10. The summed E-state index contributed by atoms with van der Waals surface area (Å²) in [7, 11) is 0. The molecule has 0 aliphatic carbocycles. The molecule has 0 aliphatic heterocycles. The van der Waals surface area contributed by atoms with Crippen molar-refractivity contribution in [2.75, 3.05) is 0 Å². The van der Waals surface area contributed by atoms with Crippen LogP contribution in [0.2, 0.25) is 0 Å². The third-order valence-electron chi connectivity index (χ3n) is 6.36. The van der Waals surface area contributed by atoms with Gasteiger partial charge < -0.3 is 15.3 Å². The Morgan fingerprint density at radius 3 is 1.33 bits per heavy atom. The molecule has 0 unspecified atom stereocenters. The Morgan fingerprint density at radius 1 is 0.600 bits per heavy atom. The van der Waals surface area contributed by atoms with Crippen LogP contribution in [-0.4, -0.2) is 63.2 Å². The summed E-state index contributed by atoms with van der Waals surface area (Å²) >= 11 is 0. The summed E-state index contributed by atoms with van der Waals surface area (Å²) < 4.78 is 84.4. The molecule has 12 nitrogen and oxygen atoms in total. The first kappa shape index (κ1) is 30.4. The Kier molecular flexibility index (Phi) is 7.35. The van der Waals surface area contributed by atoms with Gasteiger partial charge in [-0.05, 0) is 42.5 Å². The van der Waals surface area contributed by atoms with E-state index >= 15 is 0 Å². The van der Waals surface area contributed by atoms with Crippen molar-refractivity contribution in [2.45, 2.75) is 12.4 Å². The average Bonchev–Trinajstić information content (AvgIpc) is 3.66. The van der Waals surface area contributed by atoms with Gasteiger partial charge in [0.1, 0.15) is 11.4 Å². The van der Waals surface area contributed by atoms with E-state index in [1.165, 1.54) is 6.07 Å². The van der Waals surface area contributed by atoms with E-state index < -0.39 is 63.9 Å². The number of nitrogens with zero attached hydrogens (tertiary/aromatic N) is 6. The van der Waals surface area contributed by atoms with Crippen LogP contribution in [0, 0.1) is 0 Å². The van der Waals surface area contributed by atoms with Crippen LogP contribution in [0.5, 0.6) is 0 Å². The Labute approximate surface area is 245 Å². The highest BCUT2D eigenvalue weighted by molar-refractivity contribution is 5.92. The standard InChI is InChI=1S/C27H14F6N6O6/c28-26(29,30)21-15(24(42)43)3-1-5-19(21)38-10-17(34-36-38)12-7-13(9-14(8-12)23(40)41)18-11-39(37-35-18)20-6-2-4-16(25(44)45)22(20)27(31,32)33/h1-11H,(H,40,41)(H,42,43)(H,44,45). The monoisotopic (exact) mass is 632 g/mol. The molecule has 3 aromatic carbocycles. The molecule has 3 N–H and O–H groups in total. The number of carbonyl (C=O) groups is 3. The first-order valence-electron chi connectivity index (χ1n) is 12.2. The predicted molar refractivity (Wildman–Crippen MR) is 138 cm³/mol. The summed E-state index contributed by atoms with van der Waals surface area (Å²) in [5, 5.41) is 43.1.